The minimum Gasteiger partial charge on any atom is -0.388 e. The van der Waals surface area contributed by atoms with Gasteiger partial charge in [0.1, 0.15) is 5.82 Å². The van der Waals surface area contributed by atoms with Crippen LogP contribution < -0.4 is 10.6 Å². The van der Waals surface area contributed by atoms with Crippen LogP contribution in [0.5, 0.6) is 0 Å². The quantitative estimate of drug-likeness (QED) is 0.895. The van der Waals surface area contributed by atoms with Crippen LogP contribution in [0.2, 0.25) is 0 Å². The summed E-state index contributed by atoms with van der Waals surface area (Å²) in [4.78, 5) is 13.3. The minimum atomic E-state index is -0.666. The first-order valence-electron chi connectivity index (χ1n) is 7.90. The van der Waals surface area contributed by atoms with E-state index in [4.69, 9.17) is 5.73 Å². The molecule has 1 aliphatic rings. The van der Waals surface area contributed by atoms with Crippen LogP contribution in [-0.2, 0) is 0 Å². The molecule has 1 saturated heterocycles. The summed E-state index contributed by atoms with van der Waals surface area (Å²) in [5, 5.41) is 10.4. The van der Waals surface area contributed by atoms with Crippen molar-refractivity contribution in [3.8, 4) is 11.3 Å². The molecule has 6 nitrogen and oxygen atoms in total. The fourth-order valence-corrected chi connectivity index (χ4v) is 2.93. The van der Waals surface area contributed by atoms with Crippen LogP contribution in [0.4, 0.5) is 11.8 Å². The Balaban J connectivity index is 2.10. The molecule has 1 fully saturated rings. The molecule has 1 aliphatic heterocycles. The van der Waals surface area contributed by atoms with E-state index in [1.54, 1.807) is 6.92 Å². The number of piperazine rings is 1. The van der Waals surface area contributed by atoms with Gasteiger partial charge in [0, 0.05) is 37.3 Å². The predicted molar refractivity (Wildman–Crippen MR) is 92.2 cm³/mol. The van der Waals surface area contributed by atoms with Gasteiger partial charge in [0.2, 0.25) is 5.95 Å². The maximum absolute atomic E-state index is 10.4. The number of hydrogen-bond acceptors (Lipinski definition) is 6. The second kappa shape index (κ2) is 6.52. The summed E-state index contributed by atoms with van der Waals surface area (Å²) in [6.07, 6.45) is -0.666. The van der Waals surface area contributed by atoms with E-state index >= 15 is 0 Å². The lowest BCUT2D eigenvalue weighted by molar-refractivity contribution is 0.199. The van der Waals surface area contributed by atoms with Crippen molar-refractivity contribution in [2.45, 2.75) is 13.0 Å². The molecule has 0 spiro atoms. The summed E-state index contributed by atoms with van der Waals surface area (Å²) in [5.41, 5.74) is 8.35. The van der Waals surface area contributed by atoms with Crippen molar-refractivity contribution in [1.82, 2.24) is 14.9 Å². The molecule has 1 atom stereocenters. The Morgan fingerprint density at radius 3 is 2.35 bits per heavy atom. The summed E-state index contributed by atoms with van der Waals surface area (Å²) in [7, 11) is 2.11. The fraction of sp³-hybridized carbons (Fsp3) is 0.412. The van der Waals surface area contributed by atoms with Crippen molar-refractivity contribution >= 4 is 11.8 Å². The summed E-state index contributed by atoms with van der Waals surface area (Å²) in [6.45, 7) is 5.40. The Labute approximate surface area is 136 Å². The van der Waals surface area contributed by atoms with Gasteiger partial charge in [-0.25, -0.2) is 4.98 Å². The Morgan fingerprint density at radius 2 is 1.74 bits per heavy atom. The molecule has 2 aromatic rings. The van der Waals surface area contributed by atoms with E-state index in [1.165, 1.54) is 0 Å². The van der Waals surface area contributed by atoms with Crippen molar-refractivity contribution in [3.63, 3.8) is 0 Å². The molecular formula is C17H23N5O. The Morgan fingerprint density at radius 1 is 1.09 bits per heavy atom. The van der Waals surface area contributed by atoms with Crippen LogP contribution in [0.3, 0.4) is 0 Å². The number of benzene rings is 1. The topological polar surface area (TPSA) is 78.5 Å². The molecule has 0 aliphatic carbocycles. The van der Waals surface area contributed by atoms with Gasteiger partial charge in [0.15, 0.2) is 0 Å². The molecule has 2 heterocycles. The number of aromatic nitrogens is 2. The van der Waals surface area contributed by atoms with Gasteiger partial charge in [-0.15, -0.1) is 0 Å². The van der Waals surface area contributed by atoms with E-state index < -0.39 is 6.10 Å². The lowest BCUT2D eigenvalue weighted by atomic mass is 10.0. The molecule has 122 valence electrons. The van der Waals surface area contributed by atoms with Crippen molar-refractivity contribution in [2.24, 2.45) is 0 Å². The van der Waals surface area contributed by atoms with E-state index in [0.717, 1.165) is 43.1 Å². The molecule has 3 N–H and O–H groups in total. The number of nitrogen functional groups attached to an aromatic ring is 1. The monoisotopic (exact) mass is 313 g/mol. The van der Waals surface area contributed by atoms with Crippen LogP contribution in [0.25, 0.3) is 11.3 Å². The number of aliphatic hydroxyl groups excluding tert-OH is 1. The van der Waals surface area contributed by atoms with Crippen molar-refractivity contribution < 1.29 is 5.11 Å². The normalized spacial score (nSPS) is 17.3. The molecule has 0 saturated carbocycles. The predicted octanol–water partition coefficient (Wildman–Crippen LogP) is 1.53. The highest BCUT2D eigenvalue weighted by molar-refractivity contribution is 5.71. The molecule has 23 heavy (non-hydrogen) atoms. The van der Waals surface area contributed by atoms with Gasteiger partial charge in [0.25, 0.3) is 0 Å². The fourth-order valence-electron chi connectivity index (χ4n) is 2.93. The van der Waals surface area contributed by atoms with E-state index in [-0.39, 0.29) is 5.95 Å². The van der Waals surface area contributed by atoms with Crippen LogP contribution >= 0.6 is 0 Å². The first kappa shape index (κ1) is 15.7. The van der Waals surface area contributed by atoms with Crippen molar-refractivity contribution in [3.05, 3.63) is 35.9 Å². The lowest BCUT2D eigenvalue weighted by Gasteiger charge is -2.35. The summed E-state index contributed by atoms with van der Waals surface area (Å²) >= 11 is 0. The van der Waals surface area contributed by atoms with Gasteiger partial charge in [-0.3, -0.25) is 0 Å². The van der Waals surface area contributed by atoms with E-state index in [1.807, 2.05) is 30.3 Å². The van der Waals surface area contributed by atoms with E-state index in [9.17, 15) is 5.11 Å². The standard InChI is InChI=1S/C17H23N5O/c1-12(23)14-15(13-6-4-3-5-7-13)19-17(18)20-16(14)22-10-8-21(2)9-11-22/h3-7,12,23H,8-11H2,1-2H3,(H2,18,19,20). The minimum absolute atomic E-state index is 0.238. The third-order valence-corrected chi connectivity index (χ3v) is 4.21. The molecule has 0 bridgehead atoms. The number of likely N-dealkylation sites (N-methyl/N-ethyl adjacent to an activating group) is 1. The number of anilines is 2. The van der Waals surface area contributed by atoms with Crippen LogP contribution in [0.1, 0.15) is 18.6 Å². The zero-order chi connectivity index (χ0) is 16.4. The molecule has 1 unspecified atom stereocenters. The SMILES string of the molecule is CC(O)c1c(-c2ccccc2)nc(N)nc1N1CCN(C)CC1. The smallest absolute Gasteiger partial charge is 0.222 e. The highest BCUT2D eigenvalue weighted by atomic mass is 16.3. The summed E-state index contributed by atoms with van der Waals surface area (Å²) in [5.74, 6) is 0.988. The Kier molecular flexibility index (Phi) is 4.45. The van der Waals surface area contributed by atoms with Crippen LogP contribution in [0.15, 0.2) is 30.3 Å². The number of hydrogen-bond donors (Lipinski definition) is 2. The maximum Gasteiger partial charge on any atom is 0.222 e. The second-order valence-corrected chi connectivity index (χ2v) is 6.00. The Bertz CT molecular complexity index is 666. The number of rotatable bonds is 3. The highest BCUT2D eigenvalue weighted by Gasteiger charge is 2.25. The molecule has 0 radical (unpaired) electrons. The van der Waals surface area contributed by atoms with E-state index in [0.29, 0.717) is 5.69 Å². The van der Waals surface area contributed by atoms with Gasteiger partial charge < -0.3 is 20.6 Å². The first-order valence-corrected chi connectivity index (χ1v) is 7.90. The van der Waals surface area contributed by atoms with Gasteiger partial charge in [-0.1, -0.05) is 30.3 Å². The highest BCUT2D eigenvalue weighted by Crippen LogP contribution is 2.34. The molecular weight excluding hydrogens is 290 g/mol. The summed E-state index contributed by atoms with van der Waals surface area (Å²) < 4.78 is 0. The largest absolute Gasteiger partial charge is 0.388 e. The molecule has 0 amide bonds. The van der Waals surface area contributed by atoms with Crippen LogP contribution in [-0.4, -0.2) is 53.2 Å². The third kappa shape index (κ3) is 3.28. The summed E-state index contributed by atoms with van der Waals surface area (Å²) in [6, 6.07) is 9.81. The zero-order valence-electron chi connectivity index (χ0n) is 13.6. The number of nitrogens with zero attached hydrogens (tertiary/aromatic N) is 4. The maximum atomic E-state index is 10.4. The Hall–Kier alpha value is -2.18. The van der Waals surface area contributed by atoms with Gasteiger partial charge in [-0.2, -0.15) is 4.98 Å². The van der Waals surface area contributed by atoms with Gasteiger partial charge in [-0.05, 0) is 14.0 Å². The first-order chi connectivity index (χ1) is 11.1. The lowest BCUT2D eigenvalue weighted by Crippen LogP contribution is -2.45. The average molecular weight is 313 g/mol. The molecule has 3 rings (SSSR count). The van der Waals surface area contributed by atoms with Crippen LogP contribution in [0, 0.1) is 0 Å². The second-order valence-electron chi connectivity index (χ2n) is 6.00. The average Bonchev–Trinajstić information content (AvgIpc) is 2.55. The molecule has 1 aromatic heterocycles. The van der Waals surface area contributed by atoms with Gasteiger partial charge >= 0.3 is 0 Å². The van der Waals surface area contributed by atoms with E-state index in [2.05, 4.69) is 26.8 Å². The zero-order valence-corrected chi connectivity index (χ0v) is 13.6. The molecule has 6 heteroatoms. The van der Waals surface area contributed by atoms with Crippen molar-refractivity contribution in [1.29, 1.82) is 0 Å². The van der Waals surface area contributed by atoms with Crippen molar-refractivity contribution in [2.75, 3.05) is 43.9 Å². The number of nitrogens with two attached hydrogens (primary N) is 1. The van der Waals surface area contributed by atoms with Gasteiger partial charge in [0.05, 0.1) is 11.8 Å². The third-order valence-electron chi connectivity index (χ3n) is 4.21. The number of aliphatic hydroxyl groups is 1. The molecule has 1 aromatic carbocycles.